The number of halogens is 7. The van der Waals surface area contributed by atoms with Gasteiger partial charge in [0.15, 0.2) is 11.9 Å². The van der Waals surface area contributed by atoms with E-state index < -0.39 is 77.9 Å². The van der Waals surface area contributed by atoms with Crippen molar-refractivity contribution in [3.05, 3.63) is 63.6 Å². The number of ether oxygens (including phenoxy) is 1. The Kier molecular flexibility index (Phi) is 14.2. The van der Waals surface area contributed by atoms with E-state index in [1.165, 1.54) is 45.2 Å². The molecule has 0 unspecified atom stereocenters. The van der Waals surface area contributed by atoms with Gasteiger partial charge < -0.3 is 20.9 Å². The molecule has 2 rings (SSSR count). The highest BCUT2D eigenvalue weighted by atomic mass is 35.5. The molecule has 4 N–H and O–H groups in total. The quantitative estimate of drug-likeness (QED) is 0.125. The second-order valence-electron chi connectivity index (χ2n) is 11.1. The summed E-state index contributed by atoms with van der Waals surface area (Å²) < 4.78 is 75.7. The van der Waals surface area contributed by atoms with Crippen molar-refractivity contribution in [2.24, 2.45) is 23.5 Å². The third-order valence-corrected chi connectivity index (χ3v) is 8.27. The molecular weight excluding hydrogens is 646 g/mol. The van der Waals surface area contributed by atoms with Gasteiger partial charge in [0, 0.05) is 30.2 Å². The SMILES string of the molecule is COc1ccc([C@H](NC(=O)[C@H](CCCCN)CC(=O)C(F)(F)c2ccc(Cl)c(Cl)c2)C(=O)C[C@@H](C(C)C)[C@H](O)C(F)(F)F)cc1. The molecule has 0 saturated carbocycles. The predicted octanol–water partition coefficient (Wildman–Crippen LogP) is 6.81. The number of aliphatic hydroxyl groups excluding tert-OH is 1. The van der Waals surface area contributed by atoms with Gasteiger partial charge in [-0.1, -0.05) is 61.7 Å². The zero-order chi connectivity index (χ0) is 34.1. The van der Waals surface area contributed by atoms with Crippen molar-refractivity contribution >= 4 is 40.7 Å². The maximum absolute atomic E-state index is 15.2. The second kappa shape index (κ2) is 16.7. The van der Waals surface area contributed by atoms with Gasteiger partial charge in [-0.3, -0.25) is 14.4 Å². The first-order valence-electron chi connectivity index (χ1n) is 14.2. The van der Waals surface area contributed by atoms with Gasteiger partial charge in [-0.25, -0.2) is 0 Å². The molecular formula is C31H37Cl2F5N2O5. The number of nitrogens with two attached hydrogens (primary N) is 1. The molecule has 0 saturated heterocycles. The maximum Gasteiger partial charge on any atom is 0.414 e. The maximum atomic E-state index is 15.2. The lowest BCUT2D eigenvalue weighted by Gasteiger charge is -2.29. The van der Waals surface area contributed by atoms with Gasteiger partial charge >= 0.3 is 12.1 Å². The van der Waals surface area contributed by atoms with E-state index in [1.807, 2.05) is 0 Å². The van der Waals surface area contributed by atoms with Crippen molar-refractivity contribution in [3.63, 3.8) is 0 Å². The molecule has 0 spiro atoms. The lowest BCUT2D eigenvalue weighted by Crippen LogP contribution is -2.43. The predicted molar refractivity (Wildman–Crippen MR) is 160 cm³/mol. The topological polar surface area (TPSA) is 119 Å². The molecule has 0 aliphatic carbocycles. The minimum Gasteiger partial charge on any atom is -0.497 e. The highest BCUT2D eigenvalue weighted by Gasteiger charge is 2.46. The number of carbonyl (C=O) groups excluding carboxylic acids is 3. The average molecular weight is 684 g/mol. The van der Waals surface area contributed by atoms with Crippen molar-refractivity contribution in [2.75, 3.05) is 13.7 Å². The number of ketones is 2. The van der Waals surface area contributed by atoms with E-state index in [-0.39, 0.29) is 35.0 Å². The van der Waals surface area contributed by atoms with Crippen molar-refractivity contribution < 1.29 is 46.2 Å². The van der Waals surface area contributed by atoms with Crippen LogP contribution in [0.1, 0.15) is 63.1 Å². The van der Waals surface area contributed by atoms with Gasteiger partial charge in [0.2, 0.25) is 11.7 Å². The summed E-state index contributed by atoms with van der Waals surface area (Å²) in [4.78, 5) is 40.0. The number of Topliss-reactive ketones (excluding diaryl/α,β-unsaturated/α-hetero) is 2. The molecule has 0 aliphatic heterocycles. The molecule has 2 aromatic carbocycles. The highest BCUT2D eigenvalue weighted by molar-refractivity contribution is 6.42. The summed E-state index contributed by atoms with van der Waals surface area (Å²) in [5.41, 5.74) is 4.99. The molecule has 45 heavy (non-hydrogen) atoms. The molecule has 0 fully saturated rings. The van der Waals surface area contributed by atoms with Crippen LogP contribution in [0.25, 0.3) is 0 Å². The summed E-state index contributed by atoms with van der Waals surface area (Å²) in [6, 6.07) is 7.14. The number of nitrogens with one attached hydrogen (secondary N) is 1. The second-order valence-corrected chi connectivity index (χ2v) is 11.9. The summed E-state index contributed by atoms with van der Waals surface area (Å²) in [6.45, 7) is 3.06. The van der Waals surface area contributed by atoms with Gasteiger partial charge in [-0.05, 0) is 55.1 Å². The average Bonchev–Trinajstić information content (AvgIpc) is 2.98. The molecule has 4 atom stereocenters. The largest absolute Gasteiger partial charge is 0.497 e. The van der Waals surface area contributed by atoms with E-state index >= 15 is 8.78 Å². The van der Waals surface area contributed by atoms with Gasteiger partial charge in [0.1, 0.15) is 11.8 Å². The first-order valence-corrected chi connectivity index (χ1v) is 15.0. The minimum absolute atomic E-state index is 0.000552. The lowest BCUT2D eigenvalue weighted by atomic mass is 9.83. The van der Waals surface area contributed by atoms with E-state index in [9.17, 15) is 32.7 Å². The Bertz CT molecular complexity index is 1310. The molecule has 0 aliphatic rings. The number of amides is 1. The fourth-order valence-corrected chi connectivity index (χ4v) is 5.07. The van der Waals surface area contributed by atoms with Crippen LogP contribution in [-0.4, -0.2) is 48.5 Å². The van der Waals surface area contributed by atoms with E-state index in [0.29, 0.717) is 12.2 Å². The number of benzene rings is 2. The zero-order valence-corrected chi connectivity index (χ0v) is 26.5. The van der Waals surface area contributed by atoms with Crippen molar-refractivity contribution in [2.45, 2.75) is 70.2 Å². The first-order chi connectivity index (χ1) is 20.9. The Labute approximate surface area is 268 Å². The fraction of sp³-hybridized carbons (Fsp3) is 0.516. The summed E-state index contributed by atoms with van der Waals surface area (Å²) in [6.07, 6.45) is -8.84. The summed E-state index contributed by atoms with van der Waals surface area (Å²) in [5.74, 6) is -10.7. The highest BCUT2D eigenvalue weighted by Crippen LogP contribution is 2.37. The first kappa shape index (κ1) is 38.4. The molecule has 0 bridgehead atoms. The number of carbonyl (C=O) groups is 3. The lowest BCUT2D eigenvalue weighted by molar-refractivity contribution is -0.224. The standard InChI is InChI=1S/C31H37Cl2F5N2O5/c1-17(2)22(28(43)31(36,37)38)16-25(41)27(18-7-10-21(45-3)11-8-18)40-29(44)19(6-4-5-13-39)14-26(42)30(34,35)20-9-12-23(32)24(33)15-20/h7-12,15,17,19,22,27-28,43H,4-6,13-14,16,39H2,1-3H3,(H,40,44)/t19-,22+,27+,28+/m1/s1. The molecule has 7 nitrogen and oxygen atoms in total. The van der Waals surface area contributed by atoms with E-state index in [1.54, 1.807) is 0 Å². The normalized spacial score (nSPS) is 14.9. The van der Waals surface area contributed by atoms with Crippen LogP contribution < -0.4 is 15.8 Å². The minimum atomic E-state index is -5.00. The molecule has 1 amide bonds. The van der Waals surface area contributed by atoms with Crippen molar-refractivity contribution in [1.29, 1.82) is 0 Å². The summed E-state index contributed by atoms with van der Waals surface area (Å²) in [5, 5.41) is 12.2. The Morgan fingerprint density at radius 2 is 1.58 bits per heavy atom. The van der Waals surface area contributed by atoms with Crippen LogP contribution in [0.5, 0.6) is 5.75 Å². The summed E-state index contributed by atoms with van der Waals surface area (Å²) in [7, 11) is 1.39. The van der Waals surface area contributed by atoms with Crippen LogP contribution in [0, 0.1) is 17.8 Å². The molecule has 0 heterocycles. The Morgan fingerprint density at radius 3 is 2.09 bits per heavy atom. The molecule has 0 radical (unpaired) electrons. The third-order valence-electron chi connectivity index (χ3n) is 7.53. The van der Waals surface area contributed by atoms with E-state index in [4.69, 9.17) is 33.7 Å². The Hall–Kier alpha value is -2.80. The van der Waals surface area contributed by atoms with Gasteiger partial charge in [0.25, 0.3) is 0 Å². The number of methoxy groups -OCH3 is 1. The molecule has 2 aromatic rings. The monoisotopic (exact) mass is 682 g/mol. The molecule has 0 aromatic heterocycles. The number of hydrogen-bond acceptors (Lipinski definition) is 6. The van der Waals surface area contributed by atoms with Crippen molar-refractivity contribution in [1.82, 2.24) is 5.32 Å². The third kappa shape index (κ3) is 10.6. The Morgan fingerprint density at radius 1 is 0.956 bits per heavy atom. The van der Waals surface area contributed by atoms with Crippen LogP contribution in [-0.2, 0) is 20.3 Å². The number of unbranched alkanes of at least 4 members (excludes halogenated alkanes) is 1. The molecule has 14 heteroatoms. The number of alkyl halides is 5. The van der Waals surface area contributed by atoms with Gasteiger partial charge in [-0.15, -0.1) is 0 Å². The fourth-order valence-electron chi connectivity index (χ4n) is 4.78. The van der Waals surface area contributed by atoms with Crippen LogP contribution in [0.15, 0.2) is 42.5 Å². The van der Waals surface area contributed by atoms with Gasteiger partial charge in [-0.2, -0.15) is 22.0 Å². The Balaban J connectivity index is 2.43. The summed E-state index contributed by atoms with van der Waals surface area (Å²) >= 11 is 11.7. The van der Waals surface area contributed by atoms with Gasteiger partial charge in [0.05, 0.1) is 17.2 Å². The number of hydrogen-bond donors (Lipinski definition) is 3. The van der Waals surface area contributed by atoms with Crippen molar-refractivity contribution in [3.8, 4) is 5.75 Å². The number of rotatable bonds is 17. The smallest absolute Gasteiger partial charge is 0.414 e. The zero-order valence-electron chi connectivity index (χ0n) is 25.0. The van der Waals surface area contributed by atoms with Crippen LogP contribution in [0.2, 0.25) is 10.0 Å². The van der Waals surface area contributed by atoms with Crippen LogP contribution in [0.4, 0.5) is 22.0 Å². The number of aliphatic hydroxyl groups is 1. The van der Waals surface area contributed by atoms with Crippen LogP contribution >= 0.6 is 23.2 Å². The molecule has 250 valence electrons. The van der Waals surface area contributed by atoms with E-state index in [2.05, 4.69) is 5.32 Å². The van der Waals surface area contributed by atoms with E-state index in [0.717, 1.165) is 18.2 Å². The van der Waals surface area contributed by atoms with Crippen LogP contribution in [0.3, 0.4) is 0 Å².